The molecule has 0 aliphatic carbocycles. The first-order valence-electron chi connectivity index (χ1n) is 7.29. The Morgan fingerprint density at radius 3 is 3.04 bits per heavy atom. The van der Waals surface area contributed by atoms with Crippen molar-refractivity contribution in [3.8, 4) is 10.8 Å². The van der Waals surface area contributed by atoms with Gasteiger partial charge in [0.05, 0.1) is 9.88 Å². The third-order valence-electron chi connectivity index (χ3n) is 3.85. The lowest BCUT2D eigenvalue weighted by atomic mass is 10.1. The summed E-state index contributed by atoms with van der Waals surface area (Å²) in [6, 6.07) is 3.91. The summed E-state index contributed by atoms with van der Waals surface area (Å²) in [5, 5.41) is 8.79. The van der Waals surface area contributed by atoms with Gasteiger partial charge in [0.25, 0.3) is 11.8 Å². The van der Waals surface area contributed by atoms with Gasteiger partial charge in [0.1, 0.15) is 5.69 Å². The molecule has 6 nitrogen and oxygen atoms in total. The monoisotopic (exact) mass is 346 g/mol. The molecule has 118 valence electrons. The fraction of sp³-hybridized carbons (Fsp3) is 0.333. The molecular formula is C15H14N4O2S2. The summed E-state index contributed by atoms with van der Waals surface area (Å²) in [6.07, 6.45) is 0.846. The lowest BCUT2D eigenvalue weighted by molar-refractivity contribution is 0.0785. The van der Waals surface area contributed by atoms with Gasteiger partial charge in [0.2, 0.25) is 0 Å². The SMILES string of the molecule is Cc1nc(C(=O)N2CC[C@H](c3noc(-c4cccs4)n3)C2)cs1. The minimum atomic E-state index is -0.0150. The number of hydrogen-bond donors (Lipinski definition) is 0. The van der Waals surface area contributed by atoms with E-state index in [1.807, 2.05) is 34.7 Å². The van der Waals surface area contributed by atoms with E-state index in [2.05, 4.69) is 15.1 Å². The summed E-state index contributed by atoms with van der Waals surface area (Å²) in [6.45, 7) is 3.21. The number of hydrogen-bond acceptors (Lipinski definition) is 7. The molecule has 1 atom stereocenters. The van der Waals surface area contributed by atoms with E-state index in [4.69, 9.17) is 4.52 Å². The maximum absolute atomic E-state index is 12.4. The highest BCUT2D eigenvalue weighted by Crippen LogP contribution is 2.29. The van der Waals surface area contributed by atoms with Gasteiger partial charge in [0.15, 0.2) is 5.82 Å². The minimum Gasteiger partial charge on any atom is -0.337 e. The Labute approximate surface area is 140 Å². The van der Waals surface area contributed by atoms with Crippen LogP contribution >= 0.6 is 22.7 Å². The van der Waals surface area contributed by atoms with Gasteiger partial charge >= 0.3 is 0 Å². The van der Waals surface area contributed by atoms with Gasteiger partial charge in [0, 0.05) is 24.4 Å². The van der Waals surface area contributed by atoms with Gasteiger partial charge < -0.3 is 9.42 Å². The zero-order valence-corrected chi connectivity index (χ0v) is 14.1. The van der Waals surface area contributed by atoms with Crippen molar-refractivity contribution in [1.29, 1.82) is 0 Å². The second kappa shape index (κ2) is 5.86. The van der Waals surface area contributed by atoms with E-state index in [1.54, 1.807) is 11.3 Å². The second-order valence-corrected chi connectivity index (χ2v) is 7.43. The summed E-state index contributed by atoms with van der Waals surface area (Å²) in [5.41, 5.74) is 0.528. The van der Waals surface area contributed by atoms with Crippen LogP contribution in [0.25, 0.3) is 10.8 Å². The molecule has 4 heterocycles. The van der Waals surface area contributed by atoms with E-state index in [9.17, 15) is 4.79 Å². The van der Waals surface area contributed by atoms with E-state index >= 15 is 0 Å². The number of nitrogens with zero attached hydrogens (tertiary/aromatic N) is 4. The van der Waals surface area contributed by atoms with Crippen LogP contribution in [0.4, 0.5) is 0 Å². The van der Waals surface area contributed by atoms with Crippen molar-refractivity contribution >= 4 is 28.6 Å². The highest BCUT2D eigenvalue weighted by molar-refractivity contribution is 7.13. The quantitative estimate of drug-likeness (QED) is 0.728. The van der Waals surface area contributed by atoms with Crippen LogP contribution in [0.5, 0.6) is 0 Å². The number of carbonyl (C=O) groups is 1. The molecule has 0 radical (unpaired) electrons. The molecule has 3 aromatic rings. The molecule has 0 saturated carbocycles. The highest BCUT2D eigenvalue weighted by atomic mass is 32.1. The Morgan fingerprint density at radius 1 is 1.39 bits per heavy atom. The molecule has 4 rings (SSSR count). The lowest BCUT2D eigenvalue weighted by Crippen LogP contribution is -2.28. The molecule has 1 fully saturated rings. The predicted molar refractivity (Wildman–Crippen MR) is 87.7 cm³/mol. The van der Waals surface area contributed by atoms with Crippen LogP contribution in [-0.4, -0.2) is 39.0 Å². The number of aromatic nitrogens is 3. The van der Waals surface area contributed by atoms with Crippen molar-refractivity contribution in [2.45, 2.75) is 19.3 Å². The molecule has 1 aliphatic rings. The first kappa shape index (κ1) is 14.5. The molecule has 0 N–H and O–H groups in total. The molecular weight excluding hydrogens is 332 g/mol. The molecule has 1 amide bonds. The molecule has 0 bridgehead atoms. The summed E-state index contributed by atoms with van der Waals surface area (Å²) in [4.78, 5) is 24.0. The summed E-state index contributed by atoms with van der Waals surface area (Å²) in [7, 11) is 0. The van der Waals surface area contributed by atoms with Crippen molar-refractivity contribution in [2.24, 2.45) is 0 Å². The number of aryl methyl sites for hydroxylation is 1. The molecule has 23 heavy (non-hydrogen) atoms. The zero-order valence-electron chi connectivity index (χ0n) is 12.4. The van der Waals surface area contributed by atoms with Crippen LogP contribution < -0.4 is 0 Å². The van der Waals surface area contributed by atoms with Gasteiger partial charge in [-0.2, -0.15) is 4.98 Å². The van der Waals surface area contributed by atoms with Crippen LogP contribution in [0.15, 0.2) is 27.4 Å². The van der Waals surface area contributed by atoms with Gasteiger partial charge in [-0.15, -0.1) is 22.7 Å². The number of amides is 1. The van der Waals surface area contributed by atoms with Crippen LogP contribution in [-0.2, 0) is 0 Å². The van der Waals surface area contributed by atoms with Gasteiger partial charge in [-0.05, 0) is 24.8 Å². The van der Waals surface area contributed by atoms with E-state index in [1.165, 1.54) is 11.3 Å². The first-order valence-corrected chi connectivity index (χ1v) is 9.05. The van der Waals surface area contributed by atoms with Crippen molar-refractivity contribution in [3.63, 3.8) is 0 Å². The molecule has 0 aromatic carbocycles. The van der Waals surface area contributed by atoms with Crippen LogP contribution in [0, 0.1) is 6.92 Å². The summed E-state index contributed by atoms with van der Waals surface area (Å²) >= 11 is 3.06. The molecule has 8 heteroatoms. The smallest absolute Gasteiger partial charge is 0.273 e. The van der Waals surface area contributed by atoms with E-state index in [-0.39, 0.29) is 11.8 Å². The average molecular weight is 346 g/mol. The molecule has 1 aliphatic heterocycles. The Bertz CT molecular complexity index is 824. The fourth-order valence-electron chi connectivity index (χ4n) is 2.68. The predicted octanol–water partition coefficient (Wildman–Crippen LogP) is 3.19. The van der Waals surface area contributed by atoms with Crippen molar-refractivity contribution in [2.75, 3.05) is 13.1 Å². The number of thiophene rings is 1. The third kappa shape index (κ3) is 2.79. The Kier molecular flexibility index (Phi) is 3.70. The minimum absolute atomic E-state index is 0.0150. The normalized spacial score (nSPS) is 17.8. The Balaban J connectivity index is 1.47. The molecule has 3 aromatic heterocycles. The van der Waals surface area contributed by atoms with Crippen LogP contribution in [0.2, 0.25) is 0 Å². The van der Waals surface area contributed by atoms with Crippen molar-refractivity contribution in [3.05, 3.63) is 39.4 Å². The van der Waals surface area contributed by atoms with Crippen molar-refractivity contribution in [1.82, 2.24) is 20.0 Å². The summed E-state index contributed by atoms with van der Waals surface area (Å²) < 4.78 is 5.34. The number of likely N-dealkylation sites (tertiary alicyclic amines) is 1. The van der Waals surface area contributed by atoms with E-state index < -0.39 is 0 Å². The third-order valence-corrected chi connectivity index (χ3v) is 5.48. The number of carbonyl (C=O) groups excluding carboxylic acids is 1. The number of thiazole rings is 1. The molecule has 1 saturated heterocycles. The van der Waals surface area contributed by atoms with Crippen LogP contribution in [0.1, 0.15) is 33.7 Å². The molecule has 0 unspecified atom stereocenters. The van der Waals surface area contributed by atoms with E-state index in [0.29, 0.717) is 30.5 Å². The second-order valence-electron chi connectivity index (χ2n) is 5.42. The average Bonchev–Trinajstić information content (AvgIpc) is 3.30. The maximum atomic E-state index is 12.4. The molecule has 0 spiro atoms. The lowest BCUT2D eigenvalue weighted by Gasteiger charge is -2.13. The first-order chi connectivity index (χ1) is 11.2. The fourth-order valence-corrected chi connectivity index (χ4v) is 3.91. The summed E-state index contributed by atoms with van der Waals surface area (Å²) in [5.74, 6) is 1.34. The topological polar surface area (TPSA) is 72.1 Å². The van der Waals surface area contributed by atoms with Gasteiger partial charge in [-0.25, -0.2) is 4.98 Å². The zero-order chi connectivity index (χ0) is 15.8. The number of rotatable bonds is 3. The van der Waals surface area contributed by atoms with Crippen molar-refractivity contribution < 1.29 is 9.32 Å². The van der Waals surface area contributed by atoms with Crippen LogP contribution in [0.3, 0.4) is 0 Å². The largest absolute Gasteiger partial charge is 0.337 e. The van der Waals surface area contributed by atoms with E-state index in [0.717, 1.165) is 16.3 Å². The highest BCUT2D eigenvalue weighted by Gasteiger charge is 2.32. The van der Waals surface area contributed by atoms with Gasteiger partial charge in [-0.1, -0.05) is 11.2 Å². The Morgan fingerprint density at radius 2 is 2.30 bits per heavy atom. The maximum Gasteiger partial charge on any atom is 0.273 e. The van der Waals surface area contributed by atoms with Gasteiger partial charge in [-0.3, -0.25) is 4.79 Å². The standard InChI is InChI=1S/C15H14N4O2S2/c1-9-16-11(8-23-9)15(20)19-5-4-10(7-19)13-17-14(21-18-13)12-3-2-6-22-12/h2-3,6,8,10H,4-5,7H2,1H3/t10-/m0/s1. The Hall–Kier alpha value is -2.06.